The van der Waals surface area contributed by atoms with Crippen molar-refractivity contribution in [1.29, 1.82) is 0 Å². The zero-order chi connectivity index (χ0) is 21.8. The molecule has 0 spiro atoms. The fourth-order valence-corrected chi connectivity index (χ4v) is 4.43. The van der Waals surface area contributed by atoms with Gasteiger partial charge in [0.25, 0.3) is 0 Å². The quantitative estimate of drug-likeness (QED) is 0.644. The summed E-state index contributed by atoms with van der Waals surface area (Å²) in [4.78, 5) is 21.5. The van der Waals surface area contributed by atoms with E-state index in [-0.39, 0.29) is 11.8 Å². The van der Waals surface area contributed by atoms with Crippen LogP contribution in [0.25, 0.3) is 0 Å². The smallest absolute Gasteiger partial charge is 0.321 e. The Bertz CT molecular complexity index is 1050. The van der Waals surface area contributed by atoms with Crippen LogP contribution in [0.3, 0.4) is 0 Å². The van der Waals surface area contributed by atoms with Crippen LogP contribution in [0.4, 0.5) is 20.0 Å². The van der Waals surface area contributed by atoms with E-state index in [9.17, 15) is 9.18 Å². The summed E-state index contributed by atoms with van der Waals surface area (Å²) < 4.78 is 17.6. The van der Waals surface area contributed by atoms with Crippen molar-refractivity contribution in [2.75, 3.05) is 36.4 Å². The normalized spacial score (nSPS) is 14.4. The fourth-order valence-electron chi connectivity index (χ4n) is 3.69. The number of urea groups is 1. The molecule has 6 nitrogen and oxygen atoms in total. The van der Waals surface area contributed by atoms with Gasteiger partial charge in [0.05, 0.1) is 0 Å². The largest absolute Gasteiger partial charge is 0.345 e. The van der Waals surface area contributed by atoms with Gasteiger partial charge in [-0.2, -0.15) is 4.37 Å². The highest BCUT2D eigenvalue weighted by atomic mass is 32.1. The molecule has 1 fully saturated rings. The molecule has 3 aromatic rings. The monoisotopic (exact) mass is 439 g/mol. The van der Waals surface area contributed by atoms with E-state index >= 15 is 0 Å². The maximum Gasteiger partial charge on any atom is 0.321 e. The second-order valence-corrected chi connectivity index (χ2v) is 8.60. The number of hydrogen-bond acceptors (Lipinski definition) is 5. The van der Waals surface area contributed by atoms with E-state index in [1.54, 1.807) is 12.1 Å². The number of anilines is 2. The summed E-state index contributed by atoms with van der Waals surface area (Å²) in [5.41, 5.74) is 4.08. The van der Waals surface area contributed by atoms with Crippen LogP contribution in [-0.4, -0.2) is 46.5 Å². The zero-order valence-corrected chi connectivity index (χ0v) is 18.6. The highest BCUT2D eigenvalue weighted by Crippen LogP contribution is 2.22. The van der Waals surface area contributed by atoms with E-state index in [4.69, 9.17) is 0 Å². The minimum Gasteiger partial charge on any atom is -0.345 e. The van der Waals surface area contributed by atoms with Crippen LogP contribution >= 0.6 is 11.5 Å². The summed E-state index contributed by atoms with van der Waals surface area (Å²) in [6.07, 6.45) is 1.45. The van der Waals surface area contributed by atoms with Crippen LogP contribution in [0.15, 0.2) is 42.5 Å². The van der Waals surface area contributed by atoms with Crippen LogP contribution in [0.1, 0.15) is 28.9 Å². The molecule has 8 heteroatoms. The first-order valence-electron chi connectivity index (χ1n) is 10.4. The second kappa shape index (κ2) is 9.43. The summed E-state index contributed by atoms with van der Waals surface area (Å²) in [7, 11) is 0. The molecule has 2 heterocycles. The molecule has 31 heavy (non-hydrogen) atoms. The van der Waals surface area contributed by atoms with Gasteiger partial charge in [0.1, 0.15) is 11.6 Å². The summed E-state index contributed by atoms with van der Waals surface area (Å²) in [5, 5.41) is 3.91. The Hall–Kier alpha value is -3.00. The van der Waals surface area contributed by atoms with Crippen LogP contribution in [-0.2, 0) is 6.42 Å². The molecule has 1 aliphatic rings. The average Bonchev–Trinajstić information content (AvgIpc) is 3.06. The Kier molecular flexibility index (Phi) is 6.46. The van der Waals surface area contributed by atoms with Crippen LogP contribution in [0, 0.1) is 19.7 Å². The molecule has 0 atom stereocenters. The molecule has 1 aliphatic heterocycles. The van der Waals surface area contributed by atoms with Crippen molar-refractivity contribution in [2.24, 2.45) is 0 Å². The number of halogens is 1. The van der Waals surface area contributed by atoms with Crippen LogP contribution < -0.4 is 10.2 Å². The third-order valence-electron chi connectivity index (χ3n) is 5.41. The molecule has 1 N–H and O–H groups in total. The first-order chi connectivity index (χ1) is 15.0. The molecule has 0 saturated carbocycles. The molecule has 1 aromatic heterocycles. The zero-order valence-electron chi connectivity index (χ0n) is 17.8. The summed E-state index contributed by atoms with van der Waals surface area (Å²) in [6.45, 7) is 6.92. The Morgan fingerprint density at radius 2 is 1.90 bits per heavy atom. The number of rotatable bonds is 4. The van der Waals surface area contributed by atoms with E-state index in [1.165, 1.54) is 29.2 Å². The van der Waals surface area contributed by atoms with Crippen LogP contribution in [0.5, 0.6) is 0 Å². The molecule has 4 rings (SSSR count). The standard InChI is InChI=1S/C23H26FN5OS/c1-16-4-9-20(17(2)14-16)25-22(30)28-10-3-11-29(13-12-28)23-26-21(27-31-23)15-18-5-7-19(24)8-6-18/h4-9,14H,3,10-13,15H2,1-2H3,(H,25,30). The maximum absolute atomic E-state index is 13.1. The number of aryl methyl sites for hydroxylation is 2. The van der Waals surface area contributed by atoms with Gasteiger partial charge in [-0.15, -0.1) is 0 Å². The molecular weight excluding hydrogens is 413 g/mol. The van der Waals surface area contributed by atoms with Gasteiger partial charge >= 0.3 is 6.03 Å². The van der Waals surface area contributed by atoms with Gasteiger partial charge in [0, 0.05) is 49.8 Å². The fraction of sp³-hybridized carbons (Fsp3) is 0.348. The molecule has 1 saturated heterocycles. The maximum atomic E-state index is 13.1. The van der Waals surface area contributed by atoms with Gasteiger partial charge in [0.2, 0.25) is 5.13 Å². The minimum absolute atomic E-state index is 0.0666. The van der Waals surface area contributed by atoms with Crippen molar-refractivity contribution in [3.63, 3.8) is 0 Å². The number of benzene rings is 2. The highest BCUT2D eigenvalue weighted by molar-refractivity contribution is 7.09. The lowest BCUT2D eigenvalue weighted by Gasteiger charge is -2.22. The Labute approximate surface area is 185 Å². The molecule has 0 radical (unpaired) electrons. The molecule has 162 valence electrons. The SMILES string of the molecule is Cc1ccc(NC(=O)N2CCCN(c3nc(Cc4ccc(F)cc4)ns3)CC2)c(C)c1. The van der Waals surface area contributed by atoms with Crippen molar-refractivity contribution in [1.82, 2.24) is 14.3 Å². The first kappa shape index (κ1) is 21.2. The van der Waals surface area contributed by atoms with Gasteiger partial charge in [-0.3, -0.25) is 0 Å². The average molecular weight is 440 g/mol. The molecule has 0 aliphatic carbocycles. The Morgan fingerprint density at radius 3 is 2.68 bits per heavy atom. The number of carbonyl (C=O) groups excluding carboxylic acids is 1. The number of carbonyl (C=O) groups is 1. The van der Waals surface area contributed by atoms with Gasteiger partial charge in [-0.25, -0.2) is 14.2 Å². The van der Waals surface area contributed by atoms with Crippen molar-refractivity contribution < 1.29 is 9.18 Å². The predicted octanol–water partition coefficient (Wildman–Crippen LogP) is 4.63. The van der Waals surface area contributed by atoms with Crippen molar-refractivity contribution >= 4 is 28.4 Å². The number of hydrogen-bond donors (Lipinski definition) is 1. The molecule has 0 bridgehead atoms. The number of nitrogens with zero attached hydrogens (tertiary/aromatic N) is 4. The predicted molar refractivity (Wildman–Crippen MR) is 122 cm³/mol. The van der Waals surface area contributed by atoms with E-state index in [0.717, 1.165) is 40.7 Å². The number of aromatic nitrogens is 2. The van der Waals surface area contributed by atoms with E-state index < -0.39 is 0 Å². The lowest BCUT2D eigenvalue weighted by molar-refractivity contribution is 0.215. The van der Waals surface area contributed by atoms with Gasteiger partial charge in [-0.1, -0.05) is 29.8 Å². The second-order valence-electron chi connectivity index (χ2n) is 7.87. The topological polar surface area (TPSA) is 61.4 Å². The van der Waals surface area contributed by atoms with Crippen molar-refractivity contribution in [3.8, 4) is 0 Å². The van der Waals surface area contributed by atoms with E-state index in [0.29, 0.717) is 26.1 Å². The lowest BCUT2D eigenvalue weighted by Crippen LogP contribution is -2.38. The minimum atomic E-state index is -0.244. The van der Waals surface area contributed by atoms with E-state index in [1.807, 2.05) is 30.9 Å². The molecule has 2 amide bonds. The first-order valence-corrected chi connectivity index (χ1v) is 11.2. The van der Waals surface area contributed by atoms with E-state index in [2.05, 4.69) is 25.6 Å². The summed E-state index contributed by atoms with van der Waals surface area (Å²) in [5.74, 6) is 0.492. The Morgan fingerprint density at radius 1 is 1.10 bits per heavy atom. The number of nitrogens with one attached hydrogen (secondary N) is 1. The molecule has 2 aromatic carbocycles. The van der Waals surface area contributed by atoms with Crippen molar-refractivity contribution in [2.45, 2.75) is 26.7 Å². The van der Waals surface area contributed by atoms with Gasteiger partial charge in [0.15, 0.2) is 0 Å². The Balaban J connectivity index is 1.35. The lowest BCUT2D eigenvalue weighted by atomic mass is 10.1. The van der Waals surface area contributed by atoms with Gasteiger partial charge in [-0.05, 0) is 49.6 Å². The molecule has 0 unspecified atom stereocenters. The van der Waals surface area contributed by atoms with Gasteiger partial charge < -0.3 is 15.1 Å². The highest BCUT2D eigenvalue weighted by Gasteiger charge is 2.22. The summed E-state index contributed by atoms with van der Waals surface area (Å²) >= 11 is 1.37. The van der Waals surface area contributed by atoms with Crippen molar-refractivity contribution in [3.05, 3.63) is 70.8 Å². The third kappa shape index (κ3) is 5.38. The number of amides is 2. The van der Waals surface area contributed by atoms with Crippen LogP contribution in [0.2, 0.25) is 0 Å². The third-order valence-corrected chi connectivity index (χ3v) is 6.22. The summed E-state index contributed by atoms with van der Waals surface area (Å²) in [6, 6.07) is 12.4. The molecular formula is C23H26FN5OS.